The molecular formula is C12H13ClN2O3. The molecule has 0 aliphatic carbocycles. The summed E-state index contributed by atoms with van der Waals surface area (Å²) in [5.74, 6) is 0.467. The molecule has 1 aromatic carbocycles. The van der Waals surface area contributed by atoms with Gasteiger partial charge in [0.25, 0.3) is 0 Å². The number of halogens is 1. The van der Waals surface area contributed by atoms with Crippen LogP contribution in [0.3, 0.4) is 0 Å². The molecular weight excluding hydrogens is 256 g/mol. The van der Waals surface area contributed by atoms with Crippen molar-refractivity contribution in [3.05, 3.63) is 33.9 Å². The molecule has 0 aromatic heterocycles. The molecule has 0 saturated heterocycles. The maximum atomic E-state index is 10.9. The normalized spacial score (nSPS) is 9.78. The van der Waals surface area contributed by atoms with Gasteiger partial charge in [-0.05, 0) is 24.5 Å². The number of unbranched alkanes of at least 4 members (excludes halogenated alkanes) is 2. The van der Waals surface area contributed by atoms with Crippen LogP contribution in [0, 0.1) is 21.4 Å². The standard InChI is InChI=1S/C12H13ClN2O3/c13-9-10-4-5-12(11(8-10)15(16)17)18-7-3-1-2-6-14/h4-5,8H,1-3,7,9H2. The number of nitro groups is 1. The first-order chi connectivity index (χ1) is 8.69. The summed E-state index contributed by atoms with van der Waals surface area (Å²) in [7, 11) is 0. The number of hydrogen-bond donors (Lipinski definition) is 0. The lowest BCUT2D eigenvalue weighted by Gasteiger charge is -2.06. The fraction of sp³-hybridized carbons (Fsp3) is 0.417. The molecule has 0 bridgehead atoms. The Bertz CT molecular complexity index is 457. The minimum Gasteiger partial charge on any atom is -0.487 e. The predicted molar refractivity (Wildman–Crippen MR) is 67.6 cm³/mol. The SMILES string of the molecule is N#CCCCCOc1ccc(CCl)cc1[N+](=O)[O-]. The minimum atomic E-state index is -0.485. The highest BCUT2D eigenvalue weighted by atomic mass is 35.5. The van der Waals surface area contributed by atoms with Crippen molar-refractivity contribution in [3.8, 4) is 11.8 Å². The lowest BCUT2D eigenvalue weighted by molar-refractivity contribution is -0.385. The number of ether oxygens (including phenoxy) is 1. The van der Waals surface area contributed by atoms with Gasteiger partial charge < -0.3 is 4.74 Å². The van der Waals surface area contributed by atoms with Crippen molar-refractivity contribution in [2.75, 3.05) is 6.61 Å². The molecule has 0 aliphatic heterocycles. The zero-order valence-electron chi connectivity index (χ0n) is 9.76. The maximum Gasteiger partial charge on any atom is 0.311 e. The smallest absolute Gasteiger partial charge is 0.311 e. The molecule has 0 fully saturated rings. The van der Waals surface area contributed by atoms with Crippen molar-refractivity contribution in [2.24, 2.45) is 0 Å². The highest BCUT2D eigenvalue weighted by Gasteiger charge is 2.15. The van der Waals surface area contributed by atoms with Crippen molar-refractivity contribution < 1.29 is 9.66 Å². The molecule has 0 radical (unpaired) electrons. The van der Waals surface area contributed by atoms with Crippen LogP contribution in [-0.2, 0) is 5.88 Å². The average Bonchev–Trinajstić information content (AvgIpc) is 2.38. The number of nitro benzene ring substituents is 1. The van der Waals surface area contributed by atoms with Crippen molar-refractivity contribution in [2.45, 2.75) is 25.1 Å². The Hall–Kier alpha value is -1.80. The summed E-state index contributed by atoms with van der Waals surface area (Å²) < 4.78 is 5.35. The van der Waals surface area contributed by atoms with E-state index in [0.717, 1.165) is 6.42 Å². The zero-order valence-corrected chi connectivity index (χ0v) is 10.5. The molecule has 5 nitrogen and oxygen atoms in total. The van der Waals surface area contributed by atoms with E-state index in [1.165, 1.54) is 6.07 Å². The van der Waals surface area contributed by atoms with Crippen molar-refractivity contribution in [1.29, 1.82) is 5.26 Å². The summed E-state index contributed by atoms with van der Waals surface area (Å²) in [5, 5.41) is 19.2. The van der Waals surface area contributed by atoms with E-state index < -0.39 is 4.92 Å². The molecule has 0 unspecified atom stereocenters. The molecule has 18 heavy (non-hydrogen) atoms. The second-order valence-electron chi connectivity index (χ2n) is 3.66. The van der Waals surface area contributed by atoms with Gasteiger partial charge in [0, 0.05) is 18.4 Å². The molecule has 0 heterocycles. The second-order valence-corrected chi connectivity index (χ2v) is 3.92. The number of nitrogens with zero attached hydrogens (tertiary/aromatic N) is 2. The summed E-state index contributed by atoms with van der Waals surface area (Å²) in [6.07, 6.45) is 1.89. The van der Waals surface area contributed by atoms with Crippen LogP contribution < -0.4 is 4.74 Å². The summed E-state index contributed by atoms with van der Waals surface area (Å²) >= 11 is 5.62. The number of alkyl halides is 1. The van der Waals surface area contributed by atoms with Crippen molar-refractivity contribution in [3.63, 3.8) is 0 Å². The largest absolute Gasteiger partial charge is 0.487 e. The van der Waals surface area contributed by atoms with E-state index in [2.05, 4.69) is 0 Å². The average molecular weight is 269 g/mol. The first-order valence-electron chi connectivity index (χ1n) is 5.52. The van der Waals surface area contributed by atoms with E-state index in [0.29, 0.717) is 25.0 Å². The second kappa shape index (κ2) is 7.51. The molecule has 96 valence electrons. The summed E-state index contributed by atoms with van der Waals surface area (Å²) in [4.78, 5) is 10.4. The van der Waals surface area contributed by atoms with Gasteiger partial charge in [-0.15, -0.1) is 11.6 Å². The van der Waals surface area contributed by atoms with Gasteiger partial charge in [0.2, 0.25) is 0 Å². The van der Waals surface area contributed by atoms with E-state index >= 15 is 0 Å². The zero-order chi connectivity index (χ0) is 13.4. The van der Waals surface area contributed by atoms with Gasteiger partial charge in [-0.3, -0.25) is 10.1 Å². The van der Waals surface area contributed by atoms with Crippen LogP contribution >= 0.6 is 11.6 Å². The molecule has 0 atom stereocenters. The molecule has 6 heteroatoms. The van der Waals surface area contributed by atoms with Crippen molar-refractivity contribution in [1.82, 2.24) is 0 Å². The lowest BCUT2D eigenvalue weighted by Crippen LogP contribution is -2.01. The summed E-state index contributed by atoms with van der Waals surface area (Å²) in [6.45, 7) is 0.364. The Morgan fingerprint density at radius 3 is 2.83 bits per heavy atom. The third kappa shape index (κ3) is 4.22. The van der Waals surface area contributed by atoms with Gasteiger partial charge in [0.1, 0.15) is 0 Å². The minimum absolute atomic E-state index is 0.0755. The van der Waals surface area contributed by atoms with Gasteiger partial charge in [-0.1, -0.05) is 6.07 Å². The predicted octanol–water partition coefficient (Wildman–Crippen LogP) is 3.41. The van der Waals surface area contributed by atoms with Crippen LogP contribution in [0.25, 0.3) is 0 Å². The molecule has 0 amide bonds. The highest BCUT2D eigenvalue weighted by Crippen LogP contribution is 2.28. The molecule has 1 rings (SSSR count). The van der Waals surface area contributed by atoms with Crippen LogP contribution in [0.2, 0.25) is 0 Å². The molecule has 1 aromatic rings. The van der Waals surface area contributed by atoms with Gasteiger partial charge in [-0.2, -0.15) is 5.26 Å². The molecule has 0 aliphatic rings. The molecule has 0 N–H and O–H groups in total. The molecule has 0 saturated carbocycles. The Balaban J connectivity index is 2.64. The van der Waals surface area contributed by atoms with Crippen molar-refractivity contribution >= 4 is 17.3 Å². The summed E-state index contributed by atoms with van der Waals surface area (Å²) in [6, 6.07) is 6.70. The maximum absolute atomic E-state index is 10.9. The monoisotopic (exact) mass is 268 g/mol. The third-order valence-corrected chi connectivity index (χ3v) is 2.62. The highest BCUT2D eigenvalue weighted by molar-refractivity contribution is 6.17. The van der Waals surface area contributed by atoms with E-state index in [-0.39, 0.29) is 17.3 Å². The lowest BCUT2D eigenvalue weighted by atomic mass is 10.2. The number of hydrogen-bond acceptors (Lipinski definition) is 4. The number of nitriles is 1. The fourth-order valence-electron chi connectivity index (χ4n) is 1.40. The number of benzene rings is 1. The van der Waals surface area contributed by atoms with Gasteiger partial charge in [0.15, 0.2) is 5.75 Å². The first-order valence-corrected chi connectivity index (χ1v) is 6.05. The Labute approximate surface area is 110 Å². The van der Waals surface area contributed by atoms with Crippen LogP contribution in [0.4, 0.5) is 5.69 Å². The quantitative estimate of drug-likeness (QED) is 0.329. The first kappa shape index (κ1) is 14.3. The van der Waals surface area contributed by atoms with E-state index in [1.54, 1.807) is 12.1 Å². The van der Waals surface area contributed by atoms with Gasteiger partial charge in [0.05, 0.1) is 17.6 Å². The van der Waals surface area contributed by atoms with E-state index in [1.807, 2.05) is 6.07 Å². The Morgan fingerprint density at radius 2 is 2.22 bits per heavy atom. The third-order valence-electron chi connectivity index (χ3n) is 2.31. The summed E-state index contributed by atoms with van der Waals surface area (Å²) in [5.41, 5.74) is 0.605. The topological polar surface area (TPSA) is 76.2 Å². The van der Waals surface area contributed by atoms with Crippen LogP contribution in [0.1, 0.15) is 24.8 Å². The van der Waals surface area contributed by atoms with E-state index in [9.17, 15) is 10.1 Å². The Morgan fingerprint density at radius 1 is 1.44 bits per heavy atom. The Kier molecular flexibility index (Phi) is 5.95. The van der Waals surface area contributed by atoms with Gasteiger partial charge >= 0.3 is 5.69 Å². The van der Waals surface area contributed by atoms with Gasteiger partial charge in [-0.25, -0.2) is 0 Å². The van der Waals surface area contributed by atoms with Crippen LogP contribution in [0.15, 0.2) is 18.2 Å². The van der Waals surface area contributed by atoms with Crippen LogP contribution in [-0.4, -0.2) is 11.5 Å². The van der Waals surface area contributed by atoms with Crippen LogP contribution in [0.5, 0.6) is 5.75 Å². The van der Waals surface area contributed by atoms with E-state index in [4.69, 9.17) is 21.6 Å². The fourth-order valence-corrected chi connectivity index (χ4v) is 1.57. The molecule has 0 spiro atoms. The number of rotatable bonds is 7.